The summed E-state index contributed by atoms with van der Waals surface area (Å²) in [5.74, 6) is -0.474. The molecule has 1 aliphatic carbocycles. The van der Waals surface area contributed by atoms with Gasteiger partial charge in [0, 0.05) is 5.92 Å². The summed E-state index contributed by atoms with van der Waals surface area (Å²) in [5.41, 5.74) is 0.115. The molecule has 0 bridgehead atoms. The van der Waals surface area contributed by atoms with Gasteiger partial charge in [-0.1, -0.05) is 11.6 Å². The second kappa shape index (κ2) is 5.67. The molecule has 1 saturated carbocycles. The standard InChI is InChI=1S/C13H13ClO3S/c1-2-17-7-9(11(15)8-3-4-8)12(16)13-10(14)5-6-18-13/h5-8H,2-4H2,1H3. The van der Waals surface area contributed by atoms with Crippen LogP contribution in [0.4, 0.5) is 0 Å². The van der Waals surface area contributed by atoms with Crippen LogP contribution in [0, 0.1) is 5.92 Å². The van der Waals surface area contributed by atoms with Crippen molar-refractivity contribution in [1.82, 2.24) is 0 Å². The van der Waals surface area contributed by atoms with E-state index in [9.17, 15) is 9.59 Å². The summed E-state index contributed by atoms with van der Waals surface area (Å²) in [6.07, 6.45) is 2.99. The largest absolute Gasteiger partial charge is 0.501 e. The molecule has 2 rings (SSSR count). The van der Waals surface area contributed by atoms with Crippen LogP contribution in [0.2, 0.25) is 5.02 Å². The molecule has 0 saturated heterocycles. The molecule has 0 amide bonds. The van der Waals surface area contributed by atoms with Gasteiger partial charge in [-0.3, -0.25) is 9.59 Å². The summed E-state index contributed by atoms with van der Waals surface area (Å²) in [6.45, 7) is 2.23. The summed E-state index contributed by atoms with van der Waals surface area (Å²) in [6, 6.07) is 1.65. The topological polar surface area (TPSA) is 43.4 Å². The Morgan fingerprint density at radius 3 is 2.78 bits per heavy atom. The van der Waals surface area contributed by atoms with E-state index in [-0.39, 0.29) is 23.1 Å². The molecular formula is C13H13ClO3S. The number of rotatable bonds is 6. The molecule has 0 unspecified atom stereocenters. The average molecular weight is 285 g/mol. The van der Waals surface area contributed by atoms with E-state index in [0.29, 0.717) is 16.5 Å². The zero-order chi connectivity index (χ0) is 13.1. The van der Waals surface area contributed by atoms with Gasteiger partial charge >= 0.3 is 0 Å². The lowest BCUT2D eigenvalue weighted by Gasteiger charge is -2.04. The second-order valence-corrected chi connectivity index (χ2v) is 5.38. The van der Waals surface area contributed by atoms with Crippen LogP contribution in [0.5, 0.6) is 0 Å². The molecule has 0 atom stereocenters. The predicted molar refractivity (Wildman–Crippen MR) is 71.1 cm³/mol. The minimum absolute atomic E-state index is 0.0145. The van der Waals surface area contributed by atoms with Crippen molar-refractivity contribution in [2.24, 2.45) is 5.92 Å². The molecule has 1 aliphatic rings. The van der Waals surface area contributed by atoms with Crippen LogP contribution in [0.3, 0.4) is 0 Å². The summed E-state index contributed by atoms with van der Waals surface area (Å²) < 4.78 is 5.11. The lowest BCUT2D eigenvalue weighted by atomic mass is 10.0. The van der Waals surface area contributed by atoms with Gasteiger partial charge in [0.15, 0.2) is 5.78 Å². The molecule has 0 spiro atoms. The number of allylic oxidation sites excluding steroid dienone is 1. The molecule has 0 N–H and O–H groups in total. The lowest BCUT2D eigenvalue weighted by Crippen LogP contribution is -2.15. The Bertz CT molecular complexity index is 500. The van der Waals surface area contributed by atoms with Gasteiger partial charge in [-0.15, -0.1) is 11.3 Å². The van der Waals surface area contributed by atoms with Gasteiger partial charge in [-0.25, -0.2) is 0 Å². The fourth-order valence-electron chi connectivity index (χ4n) is 1.53. The Balaban J connectivity index is 2.26. The first-order valence-corrected chi connectivity index (χ1v) is 7.04. The first-order valence-electron chi connectivity index (χ1n) is 5.78. The summed E-state index contributed by atoms with van der Waals surface area (Å²) >= 11 is 7.16. The molecule has 3 nitrogen and oxygen atoms in total. The number of ether oxygens (including phenoxy) is 1. The fraction of sp³-hybridized carbons (Fsp3) is 0.385. The monoisotopic (exact) mass is 284 g/mol. The number of thiophene rings is 1. The minimum atomic E-state index is -0.333. The number of hydrogen-bond acceptors (Lipinski definition) is 4. The van der Waals surface area contributed by atoms with Crippen molar-refractivity contribution in [3.63, 3.8) is 0 Å². The summed E-state index contributed by atoms with van der Waals surface area (Å²) in [7, 11) is 0. The highest BCUT2D eigenvalue weighted by atomic mass is 35.5. The molecule has 1 aromatic heterocycles. The van der Waals surface area contributed by atoms with Crippen LogP contribution in [-0.4, -0.2) is 18.2 Å². The predicted octanol–water partition coefficient (Wildman–Crippen LogP) is 3.48. The highest BCUT2D eigenvalue weighted by Crippen LogP contribution is 2.34. The number of carbonyl (C=O) groups excluding carboxylic acids is 2. The first kappa shape index (κ1) is 13.3. The highest BCUT2D eigenvalue weighted by molar-refractivity contribution is 7.13. The average Bonchev–Trinajstić information content (AvgIpc) is 3.12. The molecule has 0 radical (unpaired) electrons. The maximum atomic E-state index is 12.3. The third-order valence-electron chi connectivity index (χ3n) is 2.65. The summed E-state index contributed by atoms with van der Waals surface area (Å²) in [4.78, 5) is 24.7. The van der Waals surface area contributed by atoms with E-state index in [2.05, 4.69) is 0 Å². The van der Waals surface area contributed by atoms with E-state index in [0.717, 1.165) is 12.8 Å². The van der Waals surface area contributed by atoms with Gasteiger partial charge in [-0.05, 0) is 31.2 Å². The van der Waals surface area contributed by atoms with Gasteiger partial charge in [0.25, 0.3) is 0 Å². The van der Waals surface area contributed by atoms with Crippen molar-refractivity contribution >= 4 is 34.5 Å². The molecule has 1 aromatic rings. The van der Waals surface area contributed by atoms with Gasteiger partial charge < -0.3 is 4.74 Å². The van der Waals surface area contributed by atoms with E-state index < -0.39 is 0 Å². The van der Waals surface area contributed by atoms with Crippen molar-refractivity contribution in [1.29, 1.82) is 0 Å². The van der Waals surface area contributed by atoms with E-state index in [1.54, 1.807) is 18.4 Å². The normalized spacial score (nSPS) is 15.6. The number of halogens is 1. The quantitative estimate of drug-likeness (QED) is 0.264. The van der Waals surface area contributed by atoms with Gasteiger partial charge in [0.05, 0.1) is 22.8 Å². The number of ketones is 2. The molecule has 1 heterocycles. The van der Waals surface area contributed by atoms with Gasteiger partial charge in [0.1, 0.15) is 5.57 Å². The van der Waals surface area contributed by atoms with Crippen molar-refractivity contribution in [2.75, 3.05) is 6.61 Å². The summed E-state index contributed by atoms with van der Waals surface area (Å²) in [5, 5.41) is 2.12. The molecule has 18 heavy (non-hydrogen) atoms. The SMILES string of the molecule is CCOC=C(C(=O)c1sccc1Cl)C(=O)C1CC1. The Morgan fingerprint density at radius 2 is 2.28 bits per heavy atom. The first-order chi connectivity index (χ1) is 8.65. The Kier molecular flexibility index (Phi) is 4.19. The van der Waals surface area contributed by atoms with Crippen molar-refractivity contribution < 1.29 is 14.3 Å². The van der Waals surface area contributed by atoms with Crippen LogP contribution in [0.1, 0.15) is 29.4 Å². The Morgan fingerprint density at radius 1 is 1.56 bits per heavy atom. The maximum Gasteiger partial charge on any atom is 0.211 e. The lowest BCUT2D eigenvalue weighted by molar-refractivity contribution is -0.116. The van der Waals surface area contributed by atoms with Crippen molar-refractivity contribution in [3.05, 3.63) is 33.2 Å². The maximum absolute atomic E-state index is 12.3. The second-order valence-electron chi connectivity index (χ2n) is 4.05. The third kappa shape index (κ3) is 2.82. The van der Waals surface area contributed by atoms with E-state index >= 15 is 0 Å². The van der Waals surface area contributed by atoms with Crippen molar-refractivity contribution in [3.8, 4) is 0 Å². The van der Waals surface area contributed by atoms with Crippen LogP contribution in [0.25, 0.3) is 0 Å². The van der Waals surface area contributed by atoms with E-state index in [1.165, 1.54) is 17.6 Å². The van der Waals surface area contributed by atoms with Crippen molar-refractivity contribution in [2.45, 2.75) is 19.8 Å². The van der Waals surface area contributed by atoms with Gasteiger partial charge in [-0.2, -0.15) is 0 Å². The van der Waals surface area contributed by atoms with E-state index in [4.69, 9.17) is 16.3 Å². The molecule has 0 aliphatic heterocycles. The zero-order valence-corrected chi connectivity index (χ0v) is 11.5. The third-order valence-corrected chi connectivity index (χ3v) is 3.99. The Labute approximate surface area is 114 Å². The molecular weight excluding hydrogens is 272 g/mol. The smallest absolute Gasteiger partial charge is 0.211 e. The highest BCUT2D eigenvalue weighted by Gasteiger charge is 2.35. The van der Waals surface area contributed by atoms with Crippen LogP contribution < -0.4 is 0 Å². The van der Waals surface area contributed by atoms with Crippen LogP contribution in [-0.2, 0) is 9.53 Å². The number of hydrogen-bond donors (Lipinski definition) is 0. The molecule has 96 valence electrons. The molecule has 0 aromatic carbocycles. The zero-order valence-electron chi connectivity index (χ0n) is 9.94. The van der Waals surface area contributed by atoms with Crippen LogP contribution >= 0.6 is 22.9 Å². The van der Waals surface area contributed by atoms with Gasteiger partial charge in [0.2, 0.25) is 5.78 Å². The number of carbonyl (C=O) groups is 2. The van der Waals surface area contributed by atoms with Crippen LogP contribution in [0.15, 0.2) is 23.3 Å². The fourth-order valence-corrected chi connectivity index (χ4v) is 2.63. The molecule has 5 heteroatoms. The minimum Gasteiger partial charge on any atom is -0.501 e. The number of Topliss-reactive ketones (excluding diaryl/α,β-unsaturated/α-hetero) is 2. The molecule has 1 fully saturated rings. The Hall–Kier alpha value is -1.13. The van der Waals surface area contributed by atoms with E-state index in [1.807, 2.05) is 0 Å².